The minimum absolute atomic E-state index is 0.127. The van der Waals surface area contributed by atoms with E-state index in [2.05, 4.69) is 15.0 Å². The number of rotatable bonds is 5. The number of carbonyl (C=O) groups excluding carboxylic acids is 3. The molecule has 0 spiro atoms. The highest BCUT2D eigenvalue weighted by Gasteiger charge is 2.38. The maximum atomic E-state index is 12.4. The van der Waals surface area contributed by atoms with Crippen LogP contribution in [0.4, 0.5) is 4.79 Å². The quantitative estimate of drug-likeness (QED) is 0.591. The average molecular weight is 359 g/mol. The lowest BCUT2D eigenvalue weighted by atomic mass is 10.1. The second-order valence-electron chi connectivity index (χ2n) is 6.60. The third kappa shape index (κ3) is 3.63. The lowest BCUT2D eigenvalue weighted by Crippen LogP contribution is -2.52. The Bertz CT molecular complexity index is 720. The number of hydrogen-bond acceptors (Lipinski definition) is 6. The van der Waals surface area contributed by atoms with E-state index in [1.807, 2.05) is 27.7 Å². The molecule has 2 rings (SSSR count). The molecule has 1 aromatic heterocycles. The summed E-state index contributed by atoms with van der Waals surface area (Å²) in [7, 11) is 2.67. The number of carbonyl (C=O) groups is 3. The number of aromatic nitrogens is 3. The van der Waals surface area contributed by atoms with Crippen molar-refractivity contribution in [1.82, 2.24) is 24.8 Å². The minimum Gasteiger partial charge on any atom is -0.268 e. The first kappa shape index (κ1) is 19.7. The monoisotopic (exact) mass is 359 g/mol. The molecule has 1 aliphatic rings. The van der Waals surface area contributed by atoms with E-state index in [1.54, 1.807) is 0 Å². The molecule has 0 aliphatic carbocycles. The zero-order valence-corrected chi connectivity index (χ0v) is 16.1. The molecule has 0 N–H and O–H groups in total. The summed E-state index contributed by atoms with van der Waals surface area (Å²) in [6.45, 7) is 8.12. The van der Waals surface area contributed by atoms with E-state index in [4.69, 9.17) is 0 Å². The second-order valence-corrected chi connectivity index (χ2v) is 6.60. The molecule has 26 heavy (non-hydrogen) atoms. The molecule has 1 aromatic rings. The molecule has 2 atom stereocenters. The van der Waals surface area contributed by atoms with E-state index in [9.17, 15) is 14.4 Å². The van der Waals surface area contributed by atoms with Gasteiger partial charge >= 0.3 is 6.03 Å². The van der Waals surface area contributed by atoms with Gasteiger partial charge in [-0.05, 0) is 12.8 Å². The first-order chi connectivity index (χ1) is 12.2. The first-order valence-electron chi connectivity index (χ1n) is 8.78. The fourth-order valence-electron chi connectivity index (χ4n) is 2.40. The van der Waals surface area contributed by atoms with Crippen LogP contribution in [-0.2, 0) is 9.59 Å². The van der Waals surface area contributed by atoms with Gasteiger partial charge in [0.25, 0.3) is 11.8 Å². The molecule has 0 aromatic carbocycles. The van der Waals surface area contributed by atoms with Crippen LogP contribution in [-0.4, -0.2) is 56.7 Å². The Kier molecular flexibility index (Phi) is 5.84. The Morgan fingerprint density at radius 2 is 1.27 bits per heavy atom. The van der Waals surface area contributed by atoms with Crippen LogP contribution in [0.5, 0.6) is 0 Å². The normalized spacial score (nSPS) is 17.6. The van der Waals surface area contributed by atoms with Crippen LogP contribution in [0.15, 0.2) is 5.57 Å². The van der Waals surface area contributed by atoms with Crippen molar-refractivity contribution in [1.29, 1.82) is 0 Å². The maximum Gasteiger partial charge on any atom is 0.333 e. The van der Waals surface area contributed by atoms with Gasteiger partial charge in [-0.2, -0.15) is 0 Å². The molecule has 1 saturated heterocycles. The van der Waals surface area contributed by atoms with Crippen molar-refractivity contribution in [2.75, 3.05) is 14.1 Å². The van der Waals surface area contributed by atoms with Crippen molar-refractivity contribution in [2.24, 2.45) is 0 Å². The number of likely N-dealkylation sites (N-methyl/N-ethyl adjacent to an activating group) is 2. The molecule has 0 saturated carbocycles. The average Bonchev–Trinajstić information content (AvgIpc) is 2.66. The standard InChI is InChI=1S/C18H25N5O3/c1-7-10(3)14-19-13(20-15(21-14)11(4)8-2)9-12-16(24)22(5)18(26)23(6)17(12)25/h9-11H,7-8H2,1-6H3/t10-,11+. The van der Waals surface area contributed by atoms with Crippen molar-refractivity contribution in [2.45, 2.75) is 52.4 Å². The predicted molar refractivity (Wildman–Crippen MR) is 96.2 cm³/mol. The highest BCUT2D eigenvalue weighted by molar-refractivity contribution is 6.30. The Labute approximate surface area is 153 Å². The summed E-state index contributed by atoms with van der Waals surface area (Å²) in [6, 6.07) is -0.659. The van der Waals surface area contributed by atoms with Crippen molar-refractivity contribution < 1.29 is 14.4 Å². The summed E-state index contributed by atoms with van der Waals surface area (Å²) in [4.78, 5) is 51.8. The Hall–Kier alpha value is -2.64. The third-order valence-electron chi connectivity index (χ3n) is 4.71. The summed E-state index contributed by atoms with van der Waals surface area (Å²) in [5, 5.41) is 0. The predicted octanol–water partition coefficient (Wildman–Crippen LogP) is 2.33. The van der Waals surface area contributed by atoms with Crippen molar-refractivity contribution in [3.63, 3.8) is 0 Å². The fraction of sp³-hybridized carbons (Fsp3) is 0.556. The number of hydrogen-bond donors (Lipinski definition) is 0. The lowest BCUT2D eigenvalue weighted by molar-refractivity contribution is -0.134. The Balaban J connectivity index is 2.56. The van der Waals surface area contributed by atoms with Crippen LogP contribution < -0.4 is 0 Å². The molecule has 2 heterocycles. The van der Waals surface area contributed by atoms with Gasteiger partial charge in [-0.25, -0.2) is 19.7 Å². The second kappa shape index (κ2) is 7.72. The third-order valence-corrected chi connectivity index (χ3v) is 4.71. The molecule has 0 unspecified atom stereocenters. The lowest BCUT2D eigenvalue weighted by Gasteiger charge is -2.28. The molecule has 1 fully saturated rings. The summed E-state index contributed by atoms with van der Waals surface area (Å²) < 4.78 is 0. The minimum atomic E-state index is -0.659. The molecular formula is C18H25N5O3. The molecule has 4 amide bonds. The van der Waals surface area contributed by atoms with Crippen LogP contribution in [0.3, 0.4) is 0 Å². The molecule has 0 bridgehead atoms. The molecular weight excluding hydrogens is 334 g/mol. The van der Waals surface area contributed by atoms with Gasteiger partial charge in [0.1, 0.15) is 17.2 Å². The van der Waals surface area contributed by atoms with Crippen LogP contribution >= 0.6 is 0 Å². The summed E-state index contributed by atoms with van der Waals surface area (Å²) in [5.74, 6) is 0.474. The largest absolute Gasteiger partial charge is 0.333 e. The number of urea groups is 1. The SMILES string of the molecule is CC[C@@H](C)c1nc(C=C2C(=O)N(C)C(=O)N(C)C2=O)nc([C@@H](C)CC)n1. The van der Waals surface area contributed by atoms with Gasteiger partial charge in [-0.15, -0.1) is 0 Å². The highest BCUT2D eigenvalue weighted by atomic mass is 16.2. The number of nitrogens with zero attached hydrogens (tertiary/aromatic N) is 5. The van der Waals surface area contributed by atoms with E-state index >= 15 is 0 Å². The van der Waals surface area contributed by atoms with E-state index < -0.39 is 17.8 Å². The van der Waals surface area contributed by atoms with Gasteiger partial charge in [0.2, 0.25) is 0 Å². The van der Waals surface area contributed by atoms with Crippen molar-refractivity contribution in [3.05, 3.63) is 23.0 Å². The first-order valence-corrected chi connectivity index (χ1v) is 8.78. The molecule has 0 radical (unpaired) electrons. The van der Waals surface area contributed by atoms with Crippen LogP contribution in [0.2, 0.25) is 0 Å². The molecule has 8 heteroatoms. The Morgan fingerprint density at radius 1 is 0.846 bits per heavy atom. The van der Waals surface area contributed by atoms with Crippen LogP contribution in [0.1, 0.15) is 69.8 Å². The van der Waals surface area contributed by atoms with Gasteiger partial charge < -0.3 is 0 Å². The summed E-state index contributed by atoms with van der Waals surface area (Å²) >= 11 is 0. The van der Waals surface area contributed by atoms with E-state index in [-0.39, 0.29) is 23.2 Å². The fourth-order valence-corrected chi connectivity index (χ4v) is 2.40. The van der Waals surface area contributed by atoms with Gasteiger partial charge in [-0.3, -0.25) is 19.4 Å². The Morgan fingerprint density at radius 3 is 1.65 bits per heavy atom. The number of amides is 4. The number of barbiturate groups is 1. The molecule has 8 nitrogen and oxygen atoms in total. The summed E-state index contributed by atoms with van der Waals surface area (Å²) in [6.07, 6.45) is 3.07. The van der Waals surface area contributed by atoms with Crippen molar-refractivity contribution >= 4 is 23.9 Å². The highest BCUT2D eigenvalue weighted by Crippen LogP contribution is 2.21. The zero-order chi connectivity index (χ0) is 19.6. The molecule has 140 valence electrons. The van der Waals surface area contributed by atoms with E-state index in [0.717, 1.165) is 22.6 Å². The van der Waals surface area contributed by atoms with Crippen LogP contribution in [0, 0.1) is 0 Å². The van der Waals surface area contributed by atoms with E-state index in [1.165, 1.54) is 20.2 Å². The maximum absolute atomic E-state index is 12.4. The molecule has 1 aliphatic heterocycles. The topological polar surface area (TPSA) is 96.4 Å². The van der Waals surface area contributed by atoms with Gasteiger partial charge in [0.15, 0.2) is 5.82 Å². The van der Waals surface area contributed by atoms with Gasteiger partial charge in [0.05, 0.1) is 0 Å². The van der Waals surface area contributed by atoms with Crippen LogP contribution in [0.25, 0.3) is 6.08 Å². The van der Waals surface area contributed by atoms with E-state index in [0.29, 0.717) is 11.6 Å². The van der Waals surface area contributed by atoms with Gasteiger partial charge in [-0.1, -0.05) is 27.7 Å². The number of imide groups is 2. The zero-order valence-electron chi connectivity index (χ0n) is 16.1. The van der Waals surface area contributed by atoms with Gasteiger partial charge in [0, 0.05) is 32.0 Å². The summed E-state index contributed by atoms with van der Waals surface area (Å²) in [5.41, 5.74) is -0.133. The smallest absolute Gasteiger partial charge is 0.268 e. The van der Waals surface area contributed by atoms with Crippen molar-refractivity contribution in [3.8, 4) is 0 Å².